The zero-order valence-electron chi connectivity index (χ0n) is 15.3. The first-order valence-corrected chi connectivity index (χ1v) is 10.0. The fourth-order valence-electron chi connectivity index (χ4n) is 3.94. The van der Waals surface area contributed by atoms with Crippen LogP contribution in [-0.4, -0.2) is 76.9 Å². The molecule has 2 aromatic heterocycles. The summed E-state index contributed by atoms with van der Waals surface area (Å²) in [6.07, 6.45) is 1.92. The van der Waals surface area contributed by atoms with Gasteiger partial charge in [-0.25, -0.2) is 4.98 Å². The molecule has 3 fully saturated rings. The van der Waals surface area contributed by atoms with Crippen molar-refractivity contribution in [1.82, 2.24) is 15.0 Å². The van der Waals surface area contributed by atoms with Gasteiger partial charge in [0, 0.05) is 13.2 Å². The molecule has 0 radical (unpaired) electrons. The maximum absolute atomic E-state index is 9.83. The molecule has 5 heterocycles. The molecule has 5 rings (SSSR count). The Morgan fingerprint density at radius 3 is 2.96 bits per heavy atom. The maximum atomic E-state index is 9.83. The van der Waals surface area contributed by atoms with E-state index in [2.05, 4.69) is 20.3 Å². The third-order valence-corrected chi connectivity index (χ3v) is 5.71. The van der Waals surface area contributed by atoms with Crippen molar-refractivity contribution in [2.45, 2.75) is 49.8 Å². The van der Waals surface area contributed by atoms with Crippen LogP contribution < -0.4 is 10.1 Å². The number of halogens is 1. The van der Waals surface area contributed by atoms with Gasteiger partial charge in [-0.3, -0.25) is 0 Å². The second-order valence-electron chi connectivity index (χ2n) is 7.42. The molecule has 3 aliphatic heterocycles. The van der Waals surface area contributed by atoms with Gasteiger partial charge in [-0.2, -0.15) is 4.98 Å². The number of rotatable bonds is 5. The summed E-state index contributed by atoms with van der Waals surface area (Å²) < 4.78 is 22.8. The number of aliphatic hydroxyl groups excluding tert-OH is 1. The molecule has 3 saturated heterocycles. The number of aromatic amines is 1. The Bertz CT molecular complexity index is 843. The average Bonchev–Trinajstić information content (AvgIpc) is 3.38. The lowest BCUT2D eigenvalue weighted by atomic mass is 10.1. The Labute approximate surface area is 166 Å². The van der Waals surface area contributed by atoms with Crippen LogP contribution in [0.2, 0.25) is 5.02 Å². The van der Waals surface area contributed by atoms with Crippen molar-refractivity contribution in [2.24, 2.45) is 0 Å². The van der Waals surface area contributed by atoms with Gasteiger partial charge in [0.2, 0.25) is 0 Å². The summed E-state index contributed by atoms with van der Waals surface area (Å²) in [5.41, 5.74) is 1.19. The number of aliphatic hydroxyl groups is 1. The summed E-state index contributed by atoms with van der Waals surface area (Å²) in [5.74, 6) is 0.577. The standard InChI is InChI=1S/C18H23ClN4O5/c19-10-5-11-17(22-16(10)20-6-9-3-1-2-4-25-9)23-18(21-11)28-13-8-27-14-12(24)7-26-15(13)14/h5,9,12-15,24H,1-4,6-8H2,(H2,20,21,22,23)/t9?,12-,13-,14-,15-/m1/s1. The van der Waals surface area contributed by atoms with Crippen molar-refractivity contribution in [2.75, 3.05) is 31.7 Å². The smallest absolute Gasteiger partial charge is 0.296 e. The Hall–Kier alpha value is -1.65. The number of fused-ring (bicyclic) bond motifs is 2. The van der Waals surface area contributed by atoms with Crippen LogP contribution in [0.25, 0.3) is 11.2 Å². The van der Waals surface area contributed by atoms with Gasteiger partial charge in [0.15, 0.2) is 11.8 Å². The lowest BCUT2D eigenvalue weighted by Crippen LogP contribution is -2.34. The highest BCUT2D eigenvalue weighted by Crippen LogP contribution is 2.30. The topological polar surface area (TPSA) is 111 Å². The van der Waals surface area contributed by atoms with Gasteiger partial charge >= 0.3 is 0 Å². The quantitative estimate of drug-likeness (QED) is 0.680. The highest BCUT2D eigenvalue weighted by atomic mass is 35.5. The van der Waals surface area contributed by atoms with Gasteiger partial charge in [0.05, 0.1) is 29.9 Å². The molecule has 3 aliphatic rings. The van der Waals surface area contributed by atoms with E-state index in [1.807, 2.05) is 0 Å². The van der Waals surface area contributed by atoms with Crippen molar-refractivity contribution in [3.8, 4) is 6.01 Å². The molecule has 0 bridgehead atoms. The Kier molecular flexibility index (Phi) is 5.02. The van der Waals surface area contributed by atoms with E-state index in [0.29, 0.717) is 41.2 Å². The molecule has 1 unspecified atom stereocenters. The molecule has 3 N–H and O–H groups in total. The summed E-state index contributed by atoms with van der Waals surface area (Å²) in [6.45, 7) is 2.06. The second-order valence-corrected chi connectivity index (χ2v) is 7.83. The normalized spacial score (nSPS) is 32.6. The fraction of sp³-hybridized carbons (Fsp3) is 0.667. The van der Waals surface area contributed by atoms with Gasteiger partial charge in [-0.05, 0) is 25.3 Å². The molecular formula is C18H23ClN4O5. The largest absolute Gasteiger partial charge is 0.456 e. The van der Waals surface area contributed by atoms with E-state index in [1.54, 1.807) is 6.07 Å². The maximum Gasteiger partial charge on any atom is 0.296 e. The monoisotopic (exact) mass is 410 g/mol. The minimum Gasteiger partial charge on any atom is -0.456 e. The van der Waals surface area contributed by atoms with Crippen LogP contribution in [0.4, 0.5) is 5.82 Å². The highest BCUT2D eigenvalue weighted by Gasteiger charge is 2.48. The molecule has 0 spiro atoms. The summed E-state index contributed by atoms with van der Waals surface area (Å²) in [6, 6.07) is 2.10. The molecule has 10 heteroatoms. The first kappa shape index (κ1) is 18.4. The van der Waals surface area contributed by atoms with Gasteiger partial charge in [0.1, 0.15) is 24.1 Å². The van der Waals surface area contributed by atoms with Crippen molar-refractivity contribution < 1.29 is 24.1 Å². The second kappa shape index (κ2) is 7.64. The van der Waals surface area contributed by atoms with Crippen molar-refractivity contribution in [3.05, 3.63) is 11.1 Å². The third kappa shape index (κ3) is 3.53. The number of hydrogen-bond donors (Lipinski definition) is 3. The fourth-order valence-corrected chi connectivity index (χ4v) is 4.16. The molecule has 9 nitrogen and oxygen atoms in total. The van der Waals surface area contributed by atoms with E-state index in [1.165, 1.54) is 6.42 Å². The number of pyridine rings is 1. The molecule has 0 aromatic carbocycles. The first-order chi connectivity index (χ1) is 13.7. The molecule has 152 valence electrons. The van der Waals surface area contributed by atoms with Gasteiger partial charge in [-0.1, -0.05) is 11.6 Å². The lowest BCUT2D eigenvalue weighted by Gasteiger charge is -2.23. The van der Waals surface area contributed by atoms with Crippen molar-refractivity contribution >= 4 is 28.6 Å². The van der Waals surface area contributed by atoms with E-state index in [0.717, 1.165) is 19.4 Å². The summed E-state index contributed by atoms with van der Waals surface area (Å²) in [5, 5.41) is 13.6. The number of H-pyrrole nitrogens is 1. The van der Waals surface area contributed by atoms with E-state index in [-0.39, 0.29) is 31.0 Å². The number of ether oxygens (including phenoxy) is 4. The summed E-state index contributed by atoms with van der Waals surface area (Å²) in [4.78, 5) is 12.0. The van der Waals surface area contributed by atoms with E-state index < -0.39 is 6.10 Å². The number of imidazole rings is 1. The molecule has 0 aliphatic carbocycles. The van der Waals surface area contributed by atoms with E-state index >= 15 is 0 Å². The molecule has 2 aromatic rings. The van der Waals surface area contributed by atoms with Crippen LogP contribution in [0.1, 0.15) is 19.3 Å². The van der Waals surface area contributed by atoms with E-state index in [4.69, 9.17) is 30.5 Å². The van der Waals surface area contributed by atoms with Crippen molar-refractivity contribution in [3.63, 3.8) is 0 Å². The minimum atomic E-state index is -0.614. The number of aromatic nitrogens is 3. The summed E-state index contributed by atoms with van der Waals surface area (Å²) >= 11 is 6.37. The minimum absolute atomic E-state index is 0.178. The molecule has 0 saturated carbocycles. The molecule has 5 atom stereocenters. The number of nitrogens with one attached hydrogen (secondary N) is 2. The third-order valence-electron chi connectivity index (χ3n) is 5.42. The van der Waals surface area contributed by atoms with Gasteiger partial charge < -0.3 is 34.4 Å². The predicted octanol–water partition coefficient (Wildman–Crippen LogP) is 1.50. The highest BCUT2D eigenvalue weighted by molar-refractivity contribution is 6.33. The number of anilines is 1. The SMILES string of the molecule is O[C@@H]1CO[C@H]2[C@@H]1OC[C@H]2Oc1nc2nc(NCC3CCCCO3)c(Cl)cc2[nH]1. The van der Waals surface area contributed by atoms with Gasteiger partial charge in [0.25, 0.3) is 6.01 Å². The van der Waals surface area contributed by atoms with Crippen LogP contribution in [0.5, 0.6) is 6.01 Å². The number of hydrogen-bond acceptors (Lipinski definition) is 8. The Balaban J connectivity index is 1.28. The van der Waals surface area contributed by atoms with Crippen LogP contribution in [0, 0.1) is 0 Å². The van der Waals surface area contributed by atoms with E-state index in [9.17, 15) is 5.11 Å². The number of nitrogens with zero attached hydrogens (tertiary/aromatic N) is 2. The van der Waals surface area contributed by atoms with Crippen LogP contribution >= 0.6 is 11.6 Å². The van der Waals surface area contributed by atoms with Crippen molar-refractivity contribution in [1.29, 1.82) is 0 Å². The molecular weight excluding hydrogens is 388 g/mol. The lowest BCUT2D eigenvalue weighted by molar-refractivity contribution is 0.00706. The first-order valence-electron chi connectivity index (χ1n) is 9.67. The molecule has 0 amide bonds. The zero-order valence-corrected chi connectivity index (χ0v) is 16.0. The predicted molar refractivity (Wildman–Crippen MR) is 101 cm³/mol. The Morgan fingerprint density at radius 1 is 1.21 bits per heavy atom. The summed E-state index contributed by atoms with van der Waals surface area (Å²) in [7, 11) is 0. The van der Waals surface area contributed by atoms with Crippen LogP contribution in [-0.2, 0) is 14.2 Å². The zero-order chi connectivity index (χ0) is 19.1. The van der Waals surface area contributed by atoms with Crippen LogP contribution in [0.3, 0.4) is 0 Å². The molecule has 28 heavy (non-hydrogen) atoms. The van der Waals surface area contributed by atoms with Crippen LogP contribution in [0.15, 0.2) is 6.07 Å². The average molecular weight is 411 g/mol. The van der Waals surface area contributed by atoms with Gasteiger partial charge in [-0.15, -0.1) is 0 Å². The Morgan fingerprint density at radius 2 is 2.11 bits per heavy atom.